The first-order valence-electron chi connectivity index (χ1n) is 13.6. The van der Waals surface area contributed by atoms with Gasteiger partial charge in [-0.3, -0.25) is 5.21 Å². The number of nitrogens with zero attached hydrogens (tertiary/aromatic N) is 1. The number of urea groups is 1. The Hall–Kier alpha value is -1.25. The second-order valence-electron chi connectivity index (χ2n) is 10.6. The van der Waals surface area contributed by atoms with Crippen LogP contribution in [0.3, 0.4) is 0 Å². The molecular formula is C23H47N7O9. The third kappa shape index (κ3) is 7.53. The number of nitrogens with one attached hydrogen (secondary N) is 2. The zero-order valence-electron chi connectivity index (χ0n) is 22.3. The van der Waals surface area contributed by atoms with Crippen molar-refractivity contribution in [1.29, 1.82) is 0 Å². The molecule has 228 valence electrons. The van der Waals surface area contributed by atoms with E-state index >= 15 is 0 Å². The highest BCUT2D eigenvalue weighted by atomic mass is 16.7. The number of aliphatic hydroxyl groups excluding tert-OH is 4. The van der Waals surface area contributed by atoms with Crippen LogP contribution in [-0.4, -0.2) is 143 Å². The average molecular weight is 566 g/mol. The maximum Gasteiger partial charge on any atom is 0.341 e. The minimum atomic E-state index is -1.52. The summed E-state index contributed by atoms with van der Waals surface area (Å²) in [5, 5.41) is 58.3. The van der Waals surface area contributed by atoms with E-state index in [0.717, 1.165) is 13.0 Å². The summed E-state index contributed by atoms with van der Waals surface area (Å²) in [6.45, 7) is 2.62. The molecular weight excluding hydrogens is 518 g/mol. The summed E-state index contributed by atoms with van der Waals surface area (Å²) in [5.74, 6) is -0.717. The second kappa shape index (κ2) is 14.6. The normalized spacial score (nSPS) is 43.2. The molecule has 2 amide bonds. The summed E-state index contributed by atoms with van der Waals surface area (Å²) in [4.78, 5) is 12.6. The zero-order valence-corrected chi connectivity index (χ0v) is 22.3. The van der Waals surface area contributed by atoms with Crippen molar-refractivity contribution in [2.75, 3.05) is 32.8 Å². The summed E-state index contributed by atoms with van der Waals surface area (Å²) < 4.78 is 17.9. The van der Waals surface area contributed by atoms with Gasteiger partial charge >= 0.3 is 6.03 Å². The van der Waals surface area contributed by atoms with Crippen LogP contribution in [0.15, 0.2) is 0 Å². The van der Waals surface area contributed by atoms with Gasteiger partial charge in [-0.2, -0.15) is 0 Å². The third-order valence-corrected chi connectivity index (χ3v) is 7.86. The van der Waals surface area contributed by atoms with Crippen LogP contribution in [0.1, 0.15) is 26.2 Å². The Morgan fingerprint density at radius 1 is 1.08 bits per heavy atom. The van der Waals surface area contributed by atoms with Crippen LogP contribution in [0.5, 0.6) is 0 Å². The van der Waals surface area contributed by atoms with Gasteiger partial charge < -0.3 is 68.2 Å². The summed E-state index contributed by atoms with van der Waals surface area (Å²) in [5.41, 5.74) is 24.3. The monoisotopic (exact) mass is 565 g/mol. The van der Waals surface area contributed by atoms with Crippen LogP contribution in [0.2, 0.25) is 0 Å². The molecule has 3 fully saturated rings. The van der Waals surface area contributed by atoms with Crippen molar-refractivity contribution >= 4 is 6.03 Å². The highest BCUT2D eigenvalue weighted by Crippen LogP contribution is 2.36. The SMILES string of the molecule is CCNCC1CCC(N)C(C2C(N)CC(NC(=O)N(O)CCN)C(OC3OC(CO)C(O)C(N)C3O)C2O)O1. The molecule has 0 spiro atoms. The fraction of sp³-hybridized carbons (Fsp3) is 0.957. The molecule has 1 aliphatic carbocycles. The van der Waals surface area contributed by atoms with Gasteiger partial charge in [0.25, 0.3) is 0 Å². The number of carbonyl (C=O) groups is 1. The standard InChI is InChI=1S/C23H47N7O9/c1-2-28-8-10-3-4-11(25)20(37-10)15-12(26)7-13(29-23(35)30(36)6-5-24)21(18(15)33)39-22-19(34)16(27)17(32)14(9-31)38-22/h10-22,28,31-34,36H,2-9,24-27H2,1H3,(H,29,35). The lowest BCUT2D eigenvalue weighted by molar-refractivity contribution is -0.306. The molecule has 0 aromatic carbocycles. The average Bonchev–Trinajstić information content (AvgIpc) is 2.90. The van der Waals surface area contributed by atoms with Crippen LogP contribution in [0.4, 0.5) is 4.79 Å². The van der Waals surface area contributed by atoms with E-state index in [1.165, 1.54) is 0 Å². The molecule has 13 atom stereocenters. The lowest BCUT2D eigenvalue weighted by Gasteiger charge is -2.51. The van der Waals surface area contributed by atoms with Crippen LogP contribution in [0, 0.1) is 5.92 Å². The first-order chi connectivity index (χ1) is 18.5. The number of aliphatic hydroxyl groups is 4. The van der Waals surface area contributed by atoms with Crippen molar-refractivity contribution in [3.05, 3.63) is 0 Å². The predicted octanol–water partition coefficient (Wildman–Crippen LogP) is -4.94. The van der Waals surface area contributed by atoms with Gasteiger partial charge in [-0.25, -0.2) is 9.86 Å². The fourth-order valence-corrected chi connectivity index (χ4v) is 5.65. The Labute approximate surface area is 227 Å². The van der Waals surface area contributed by atoms with Crippen molar-refractivity contribution in [3.63, 3.8) is 0 Å². The third-order valence-electron chi connectivity index (χ3n) is 7.86. The summed E-state index contributed by atoms with van der Waals surface area (Å²) in [6.07, 6.45) is -7.38. The number of amides is 2. The summed E-state index contributed by atoms with van der Waals surface area (Å²) >= 11 is 0. The van der Waals surface area contributed by atoms with Crippen molar-refractivity contribution in [2.45, 2.75) is 99.4 Å². The molecule has 2 aliphatic heterocycles. The molecule has 0 aromatic heterocycles. The molecule has 0 aromatic rings. The van der Waals surface area contributed by atoms with Gasteiger partial charge in [-0.15, -0.1) is 0 Å². The second-order valence-corrected chi connectivity index (χ2v) is 10.6. The Bertz CT molecular complexity index is 769. The first-order valence-corrected chi connectivity index (χ1v) is 13.6. The number of hydrogen-bond acceptors (Lipinski definition) is 14. The molecule has 16 heteroatoms. The zero-order chi connectivity index (χ0) is 28.9. The van der Waals surface area contributed by atoms with E-state index in [-0.39, 0.29) is 25.6 Å². The van der Waals surface area contributed by atoms with Crippen molar-refractivity contribution < 1.29 is 44.6 Å². The van der Waals surface area contributed by atoms with Crippen molar-refractivity contribution in [1.82, 2.24) is 15.7 Å². The van der Waals surface area contributed by atoms with Gasteiger partial charge in [0.05, 0.1) is 43.5 Å². The maximum absolute atomic E-state index is 12.6. The van der Waals surface area contributed by atoms with Gasteiger partial charge in [0.1, 0.15) is 24.4 Å². The molecule has 2 saturated heterocycles. The number of carbonyl (C=O) groups excluding carboxylic acids is 1. The molecule has 0 radical (unpaired) electrons. The molecule has 13 unspecified atom stereocenters. The van der Waals surface area contributed by atoms with Crippen LogP contribution in [0.25, 0.3) is 0 Å². The molecule has 0 bridgehead atoms. The Morgan fingerprint density at radius 2 is 1.79 bits per heavy atom. The van der Waals surface area contributed by atoms with E-state index in [9.17, 15) is 30.4 Å². The van der Waals surface area contributed by atoms with Crippen LogP contribution >= 0.6 is 0 Å². The molecule has 2 heterocycles. The molecule has 16 nitrogen and oxygen atoms in total. The lowest BCUT2D eigenvalue weighted by Crippen LogP contribution is -2.69. The van der Waals surface area contributed by atoms with Gasteiger partial charge in [0.15, 0.2) is 6.29 Å². The highest BCUT2D eigenvalue weighted by molar-refractivity contribution is 5.73. The Kier molecular flexibility index (Phi) is 12.1. The highest BCUT2D eigenvalue weighted by Gasteiger charge is 2.53. The number of ether oxygens (including phenoxy) is 3. The van der Waals surface area contributed by atoms with E-state index < -0.39 is 85.6 Å². The molecule has 1 saturated carbocycles. The molecule has 3 rings (SSSR count). The van der Waals surface area contributed by atoms with E-state index in [0.29, 0.717) is 18.0 Å². The Morgan fingerprint density at radius 3 is 2.44 bits per heavy atom. The summed E-state index contributed by atoms with van der Waals surface area (Å²) in [7, 11) is 0. The largest absolute Gasteiger partial charge is 0.394 e. The fourth-order valence-electron chi connectivity index (χ4n) is 5.65. The topological polar surface area (TPSA) is 277 Å². The van der Waals surface area contributed by atoms with Crippen molar-refractivity contribution in [2.24, 2.45) is 28.9 Å². The van der Waals surface area contributed by atoms with E-state index in [1.54, 1.807) is 0 Å². The van der Waals surface area contributed by atoms with Gasteiger partial charge in [-0.05, 0) is 25.8 Å². The lowest BCUT2D eigenvalue weighted by atomic mass is 9.72. The van der Waals surface area contributed by atoms with E-state index in [4.69, 9.17) is 37.1 Å². The number of hydrogen-bond donors (Lipinski definition) is 11. The van der Waals surface area contributed by atoms with Crippen LogP contribution in [-0.2, 0) is 14.2 Å². The molecule has 39 heavy (non-hydrogen) atoms. The Balaban J connectivity index is 1.86. The van der Waals surface area contributed by atoms with Gasteiger partial charge in [0.2, 0.25) is 0 Å². The van der Waals surface area contributed by atoms with Gasteiger partial charge in [0, 0.05) is 31.1 Å². The minimum absolute atomic E-state index is 0.00849. The maximum atomic E-state index is 12.6. The number of likely N-dealkylation sites (N-methyl/N-ethyl adjacent to an activating group) is 1. The minimum Gasteiger partial charge on any atom is -0.394 e. The smallest absolute Gasteiger partial charge is 0.341 e. The molecule has 15 N–H and O–H groups in total. The van der Waals surface area contributed by atoms with E-state index in [2.05, 4.69) is 10.6 Å². The van der Waals surface area contributed by atoms with E-state index in [1.807, 2.05) is 6.92 Å². The molecule has 3 aliphatic rings. The summed E-state index contributed by atoms with van der Waals surface area (Å²) in [6, 6.07) is -4.16. The predicted molar refractivity (Wildman–Crippen MR) is 137 cm³/mol. The van der Waals surface area contributed by atoms with Gasteiger partial charge in [-0.1, -0.05) is 6.92 Å². The number of nitrogens with two attached hydrogens (primary N) is 4. The van der Waals surface area contributed by atoms with Crippen LogP contribution < -0.4 is 33.6 Å². The van der Waals surface area contributed by atoms with Crippen molar-refractivity contribution in [3.8, 4) is 0 Å². The quantitative estimate of drug-likeness (QED) is 0.0874. The number of rotatable bonds is 10. The number of hydroxylamine groups is 2. The first kappa shape index (κ1) is 32.3.